The predicted molar refractivity (Wildman–Crippen MR) is 64.8 cm³/mol. The van der Waals surface area contributed by atoms with Gasteiger partial charge in [-0.1, -0.05) is 25.5 Å². The third kappa shape index (κ3) is 1.80. The van der Waals surface area contributed by atoms with Crippen LogP contribution in [0.3, 0.4) is 0 Å². The molecule has 3 rings (SSSR count). The molecule has 0 atom stereocenters. The van der Waals surface area contributed by atoms with Crippen molar-refractivity contribution in [1.29, 1.82) is 0 Å². The van der Waals surface area contributed by atoms with Gasteiger partial charge in [-0.25, -0.2) is 9.78 Å². The molecule has 7 heteroatoms. The Morgan fingerprint density at radius 2 is 2.11 bits per heavy atom. The molecule has 0 aliphatic heterocycles. The molecule has 1 aliphatic carbocycles. The van der Waals surface area contributed by atoms with Crippen LogP contribution in [0.25, 0.3) is 5.78 Å². The highest BCUT2D eigenvalue weighted by molar-refractivity contribution is 7.80. The number of fused-ring (bicyclic) bond motifs is 1. The van der Waals surface area contributed by atoms with E-state index in [1.807, 2.05) is 0 Å². The topological polar surface area (TPSA) is 80.4 Å². The molecule has 0 unspecified atom stereocenters. The number of rotatable bonds is 2. The fourth-order valence-electron chi connectivity index (χ4n) is 2.32. The summed E-state index contributed by atoms with van der Waals surface area (Å²) in [6.45, 7) is 0. The second kappa shape index (κ2) is 4.16. The molecule has 1 fully saturated rings. The second-order valence-electron chi connectivity index (χ2n) is 4.45. The standard InChI is InChI=1S/C11H11N4O2S/c16-10(17)7-5-8(18)15-11(12-7)13-9(14-15)6-3-1-2-4-6/h5-6H,1-4H2,(H,16,17). The van der Waals surface area contributed by atoms with Gasteiger partial charge in [0.05, 0.1) is 0 Å². The monoisotopic (exact) mass is 263 g/mol. The lowest BCUT2D eigenvalue weighted by molar-refractivity contribution is 0.0690. The SMILES string of the molecule is O=C(O)c1cc([S])n2nc(C3CCCC3)nc2n1. The molecule has 18 heavy (non-hydrogen) atoms. The summed E-state index contributed by atoms with van der Waals surface area (Å²) in [6, 6.07) is 1.33. The molecule has 1 N–H and O–H groups in total. The number of carboxylic acid groups (broad SMARTS) is 1. The number of aromatic nitrogens is 4. The zero-order valence-corrected chi connectivity index (χ0v) is 10.4. The maximum Gasteiger partial charge on any atom is 0.354 e. The molecule has 0 saturated heterocycles. The van der Waals surface area contributed by atoms with Crippen molar-refractivity contribution in [1.82, 2.24) is 19.6 Å². The molecule has 2 aromatic heterocycles. The number of carboxylic acids is 1. The Kier molecular flexibility index (Phi) is 2.62. The summed E-state index contributed by atoms with van der Waals surface area (Å²) < 4.78 is 1.44. The van der Waals surface area contributed by atoms with Crippen LogP contribution in [0.1, 0.15) is 47.9 Å². The first-order chi connectivity index (χ1) is 8.65. The second-order valence-corrected chi connectivity index (χ2v) is 4.87. The van der Waals surface area contributed by atoms with Gasteiger partial charge in [0.2, 0.25) is 0 Å². The first kappa shape index (κ1) is 11.3. The van der Waals surface area contributed by atoms with Crippen LogP contribution in [0.5, 0.6) is 0 Å². The Hall–Kier alpha value is -1.76. The summed E-state index contributed by atoms with van der Waals surface area (Å²) in [7, 11) is 0. The van der Waals surface area contributed by atoms with Gasteiger partial charge in [0, 0.05) is 12.0 Å². The quantitative estimate of drug-likeness (QED) is 0.838. The van der Waals surface area contributed by atoms with Crippen LogP contribution in [0.15, 0.2) is 11.1 Å². The van der Waals surface area contributed by atoms with Crippen molar-refractivity contribution in [3.63, 3.8) is 0 Å². The molecule has 1 saturated carbocycles. The molecule has 1 aliphatic rings. The zero-order valence-electron chi connectivity index (χ0n) is 9.54. The molecular formula is C11H11N4O2S. The van der Waals surface area contributed by atoms with Crippen LogP contribution in [-0.2, 0) is 0 Å². The van der Waals surface area contributed by atoms with Gasteiger partial charge >= 0.3 is 5.97 Å². The van der Waals surface area contributed by atoms with E-state index in [2.05, 4.69) is 15.1 Å². The van der Waals surface area contributed by atoms with Gasteiger partial charge in [0.1, 0.15) is 5.03 Å². The summed E-state index contributed by atoms with van der Waals surface area (Å²) in [5.41, 5.74) is -0.0853. The van der Waals surface area contributed by atoms with Crippen molar-refractivity contribution in [3.8, 4) is 0 Å². The molecule has 0 bridgehead atoms. The molecule has 1 radical (unpaired) electrons. The van der Waals surface area contributed by atoms with Gasteiger partial charge in [-0.05, 0) is 12.8 Å². The lowest BCUT2D eigenvalue weighted by Gasteiger charge is -2.00. The molecule has 6 nitrogen and oxygen atoms in total. The highest BCUT2D eigenvalue weighted by Gasteiger charge is 2.23. The Morgan fingerprint density at radius 3 is 2.78 bits per heavy atom. The van der Waals surface area contributed by atoms with Gasteiger partial charge in [0.15, 0.2) is 11.5 Å². The minimum absolute atomic E-state index is 0.0853. The average molecular weight is 263 g/mol. The van der Waals surface area contributed by atoms with E-state index in [4.69, 9.17) is 17.7 Å². The van der Waals surface area contributed by atoms with Crippen LogP contribution in [0.2, 0.25) is 0 Å². The van der Waals surface area contributed by atoms with E-state index in [9.17, 15) is 4.79 Å². The average Bonchev–Trinajstić information content (AvgIpc) is 2.96. The summed E-state index contributed by atoms with van der Waals surface area (Å²) in [5.74, 6) is 0.263. The van der Waals surface area contributed by atoms with Crippen LogP contribution in [0.4, 0.5) is 0 Å². The van der Waals surface area contributed by atoms with E-state index < -0.39 is 5.97 Å². The summed E-state index contributed by atoms with van der Waals surface area (Å²) in [6.07, 6.45) is 4.54. The van der Waals surface area contributed by atoms with Crippen LogP contribution < -0.4 is 0 Å². The van der Waals surface area contributed by atoms with Gasteiger partial charge in [0.25, 0.3) is 5.78 Å². The van der Waals surface area contributed by atoms with Crippen LogP contribution in [-0.4, -0.2) is 30.7 Å². The van der Waals surface area contributed by atoms with E-state index in [1.165, 1.54) is 23.4 Å². The molecular weight excluding hydrogens is 252 g/mol. The number of carbonyl (C=O) groups is 1. The third-order valence-electron chi connectivity index (χ3n) is 3.24. The Labute approximate surface area is 108 Å². The number of hydrogen-bond acceptors (Lipinski definition) is 4. The molecule has 0 spiro atoms. The third-order valence-corrected chi connectivity index (χ3v) is 3.53. The van der Waals surface area contributed by atoms with Gasteiger partial charge in [-0.2, -0.15) is 9.50 Å². The van der Waals surface area contributed by atoms with E-state index in [-0.39, 0.29) is 11.5 Å². The van der Waals surface area contributed by atoms with Crippen molar-refractivity contribution >= 4 is 24.4 Å². The number of nitrogens with zero attached hydrogens (tertiary/aromatic N) is 4. The van der Waals surface area contributed by atoms with Crippen LogP contribution >= 0.6 is 12.6 Å². The minimum atomic E-state index is -1.10. The molecule has 0 amide bonds. The van der Waals surface area contributed by atoms with Gasteiger partial charge in [-0.15, -0.1) is 5.10 Å². The van der Waals surface area contributed by atoms with Gasteiger partial charge < -0.3 is 5.11 Å². The lowest BCUT2D eigenvalue weighted by atomic mass is 10.1. The van der Waals surface area contributed by atoms with Crippen molar-refractivity contribution < 1.29 is 9.90 Å². The van der Waals surface area contributed by atoms with Crippen molar-refractivity contribution in [3.05, 3.63) is 17.6 Å². The van der Waals surface area contributed by atoms with Crippen molar-refractivity contribution in [2.45, 2.75) is 36.6 Å². The highest BCUT2D eigenvalue weighted by Crippen LogP contribution is 2.32. The summed E-state index contributed by atoms with van der Waals surface area (Å²) in [4.78, 5) is 19.2. The fraction of sp³-hybridized carbons (Fsp3) is 0.455. The highest BCUT2D eigenvalue weighted by atomic mass is 32.1. The normalized spacial score (nSPS) is 16.4. The fourth-order valence-corrected chi connectivity index (χ4v) is 2.56. The van der Waals surface area contributed by atoms with Crippen molar-refractivity contribution in [2.24, 2.45) is 0 Å². The summed E-state index contributed by atoms with van der Waals surface area (Å²) in [5, 5.41) is 13.6. The lowest BCUT2D eigenvalue weighted by Crippen LogP contribution is -2.04. The Balaban J connectivity index is 2.10. The zero-order chi connectivity index (χ0) is 12.7. The number of hydrogen-bond donors (Lipinski definition) is 1. The number of aromatic carboxylic acids is 1. The molecule has 93 valence electrons. The molecule has 2 aromatic rings. The van der Waals surface area contributed by atoms with Crippen LogP contribution in [0, 0.1) is 0 Å². The summed E-state index contributed by atoms with van der Waals surface area (Å²) >= 11 is 5.11. The van der Waals surface area contributed by atoms with E-state index in [0.717, 1.165) is 18.7 Å². The maximum absolute atomic E-state index is 10.9. The minimum Gasteiger partial charge on any atom is -0.477 e. The predicted octanol–water partition coefficient (Wildman–Crippen LogP) is 2.04. The van der Waals surface area contributed by atoms with E-state index >= 15 is 0 Å². The first-order valence-corrected chi connectivity index (χ1v) is 6.24. The van der Waals surface area contributed by atoms with E-state index in [1.54, 1.807) is 0 Å². The molecule has 0 aromatic carbocycles. The van der Waals surface area contributed by atoms with Gasteiger partial charge in [-0.3, -0.25) is 0 Å². The van der Waals surface area contributed by atoms with E-state index in [0.29, 0.717) is 10.9 Å². The smallest absolute Gasteiger partial charge is 0.354 e. The van der Waals surface area contributed by atoms with Crippen molar-refractivity contribution in [2.75, 3.05) is 0 Å². The largest absolute Gasteiger partial charge is 0.477 e. The first-order valence-electron chi connectivity index (χ1n) is 5.83. The Morgan fingerprint density at radius 1 is 1.39 bits per heavy atom. The molecule has 2 heterocycles. The Bertz CT molecular complexity index is 619. The maximum atomic E-state index is 10.9.